The molecule has 1 saturated heterocycles. The number of aromatic nitrogens is 2. The Bertz CT molecular complexity index is 1440. The van der Waals surface area contributed by atoms with E-state index in [9.17, 15) is 9.59 Å². The highest BCUT2D eigenvalue weighted by atomic mass is 16.5. The lowest BCUT2D eigenvalue weighted by Crippen LogP contribution is -2.60. The SMILES string of the molecule is COc1cccc(CN2CCN(C3(c4cnc5ccccc5n4)C(=O)c4ccccc4C3=O)CC2)c1. The molecule has 0 radical (unpaired) electrons. The smallest absolute Gasteiger partial charge is 0.198 e. The number of benzene rings is 3. The molecule has 0 saturated carbocycles. The van der Waals surface area contributed by atoms with E-state index in [2.05, 4.69) is 16.0 Å². The van der Waals surface area contributed by atoms with Crippen molar-refractivity contribution in [3.63, 3.8) is 0 Å². The van der Waals surface area contributed by atoms with Crippen LogP contribution in [0.15, 0.2) is 79.0 Å². The van der Waals surface area contributed by atoms with Crippen molar-refractivity contribution in [3.05, 3.63) is 101 Å². The van der Waals surface area contributed by atoms with Crippen LogP contribution in [0.3, 0.4) is 0 Å². The van der Waals surface area contributed by atoms with Crippen molar-refractivity contribution in [1.82, 2.24) is 19.8 Å². The van der Waals surface area contributed by atoms with E-state index in [-0.39, 0.29) is 11.6 Å². The first-order chi connectivity index (χ1) is 17.6. The number of Topliss-reactive ketones (excluding diaryl/α,β-unsaturated/α-hetero) is 2. The number of methoxy groups -OCH3 is 1. The minimum atomic E-state index is -1.50. The first kappa shape index (κ1) is 22.5. The van der Waals surface area contributed by atoms with E-state index in [1.54, 1.807) is 37.6 Å². The number of piperazine rings is 1. The number of nitrogens with zero attached hydrogens (tertiary/aromatic N) is 4. The minimum absolute atomic E-state index is 0.214. The van der Waals surface area contributed by atoms with E-state index in [1.807, 2.05) is 47.4 Å². The van der Waals surface area contributed by atoms with Gasteiger partial charge in [0.05, 0.1) is 30.0 Å². The van der Waals surface area contributed by atoms with Gasteiger partial charge in [0, 0.05) is 43.9 Å². The molecule has 0 spiro atoms. The number of hydrogen-bond donors (Lipinski definition) is 0. The van der Waals surface area contributed by atoms with Crippen LogP contribution in [0.5, 0.6) is 5.75 Å². The largest absolute Gasteiger partial charge is 0.497 e. The van der Waals surface area contributed by atoms with Gasteiger partial charge in [0.15, 0.2) is 17.1 Å². The summed E-state index contributed by atoms with van der Waals surface area (Å²) in [6.45, 7) is 3.33. The Kier molecular flexibility index (Phi) is 5.59. The summed E-state index contributed by atoms with van der Waals surface area (Å²) >= 11 is 0. The van der Waals surface area contributed by atoms with Crippen LogP contribution in [0.25, 0.3) is 11.0 Å². The van der Waals surface area contributed by atoms with E-state index in [0.717, 1.165) is 30.9 Å². The molecule has 1 aromatic heterocycles. The topological polar surface area (TPSA) is 75.6 Å². The molecule has 2 aliphatic rings. The average molecular weight is 479 g/mol. The van der Waals surface area contributed by atoms with Crippen LogP contribution in [0.1, 0.15) is 32.0 Å². The number of ketones is 2. The molecule has 0 bridgehead atoms. The van der Waals surface area contributed by atoms with Gasteiger partial charge in [-0.3, -0.25) is 24.4 Å². The molecule has 7 heteroatoms. The first-order valence-corrected chi connectivity index (χ1v) is 12.1. The highest BCUT2D eigenvalue weighted by Crippen LogP contribution is 2.42. The van der Waals surface area contributed by atoms with Crippen molar-refractivity contribution in [2.75, 3.05) is 33.3 Å². The standard InChI is InChI=1S/C29H26N4O3/c1-36-21-8-6-7-20(17-21)19-32-13-15-33(16-14-32)29(26-18-30-24-11-4-5-12-25(24)31-26)27(34)22-9-2-3-10-23(22)28(29)35/h2-12,17-18H,13-16,19H2,1H3. The first-order valence-electron chi connectivity index (χ1n) is 12.1. The third-order valence-electron chi connectivity index (χ3n) is 7.28. The summed E-state index contributed by atoms with van der Waals surface area (Å²) in [6, 6.07) is 22.7. The molecule has 0 atom stereocenters. The third-order valence-corrected chi connectivity index (χ3v) is 7.28. The van der Waals surface area contributed by atoms with Gasteiger partial charge in [-0.2, -0.15) is 0 Å². The zero-order chi connectivity index (χ0) is 24.7. The minimum Gasteiger partial charge on any atom is -0.497 e. The van der Waals surface area contributed by atoms with Crippen LogP contribution in [0.2, 0.25) is 0 Å². The monoisotopic (exact) mass is 478 g/mol. The molecule has 1 fully saturated rings. The molecule has 6 rings (SSSR count). The van der Waals surface area contributed by atoms with E-state index < -0.39 is 5.54 Å². The fraction of sp³-hybridized carbons (Fsp3) is 0.241. The van der Waals surface area contributed by atoms with Crippen LogP contribution >= 0.6 is 0 Å². The van der Waals surface area contributed by atoms with Gasteiger partial charge in [-0.25, -0.2) is 4.98 Å². The van der Waals surface area contributed by atoms with E-state index >= 15 is 0 Å². The van der Waals surface area contributed by atoms with Gasteiger partial charge >= 0.3 is 0 Å². The molecule has 0 N–H and O–H groups in total. The van der Waals surface area contributed by atoms with Crippen LogP contribution in [-0.4, -0.2) is 64.6 Å². The molecule has 7 nitrogen and oxygen atoms in total. The summed E-state index contributed by atoms with van der Waals surface area (Å²) in [7, 11) is 1.67. The molecule has 0 unspecified atom stereocenters. The summed E-state index contributed by atoms with van der Waals surface area (Å²) in [5, 5.41) is 0. The number of para-hydroxylation sites is 2. The van der Waals surface area contributed by atoms with Gasteiger partial charge < -0.3 is 4.74 Å². The fourth-order valence-corrected chi connectivity index (χ4v) is 5.46. The molecule has 0 amide bonds. The molecule has 1 aliphatic heterocycles. The third kappa shape index (κ3) is 3.51. The second-order valence-corrected chi connectivity index (χ2v) is 9.27. The van der Waals surface area contributed by atoms with Crippen molar-refractivity contribution >= 4 is 22.6 Å². The lowest BCUT2D eigenvalue weighted by Gasteiger charge is -2.43. The Labute approximate surface area is 209 Å². The Morgan fingerprint density at radius 1 is 0.833 bits per heavy atom. The molecular weight excluding hydrogens is 452 g/mol. The second kappa shape index (κ2) is 8.93. The van der Waals surface area contributed by atoms with Gasteiger partial charge in [-0.15, -0.1) is 0 Å². The van der Waals surface area contributed by atoms with Crippen LogP contribution in [-0.2, 0) is 12.1 Å². The van der Waals surface area contributed by atoms with Crippen molar-refractivity contribution in [2.45, 2.75) is 12.1 Å². The lowest BCUT2D eigenvalue weighted by atomic mass is 9.86. The zero-order valence-electron chi connectivity index (χ0n) is 20.1. The molecule has 2 heterocycles. The number of hydrogen-bond acceptors (Lipinski definition) is 7. The second-order valence-electron chi connectivity index (χ2n) is 9.27. The maximum atomic E-state index is 14.1. The Morgan fingerprint density at radius 2 is 1.50 bits per heavy atom. The van der Waals surface area contributed by atoms with E-state index in [0.29, 0.717) is 35.4 Å². The van der Waals surface area contributed by atoms with Gasteiger partial charge in [-0.05, 0) is 29.8 Å². The maximum absolute atomic E-state index is 14.1. The highest BCUT2D eigenvalue weighted by Gasteiger charge is 2.59. The van der Waals surface area contributed by atoms with Gasteiger partial charge in [0.2, 0.25) is 0 Å². The predicted molar refractivity (Wildman–Crippen MR) is 136 cm³/mol. The predicted octanol–water partition coefficient (Wildman–Crippen LogP) is 3.73. The number of fused-ring (bicyclic) bond motifs is 2. The molecule has 3 aromatic carbocycles. The molecular formula is C29H26N4O3. The molecule has 180 valence electrons. The summed E-state index contributed by atoms with van der Waals surface area (Å²) in [4.78, 5) is 41.8. The van der Waals surface area contributed by atoms with Crippen LogP contribution < -0.4 is 4.74 Å². The summed E-state index contributed by atoms with van der Waals surface area (Å²) in [5.74, 6) is 0.405. The normalized spacial score (nSPS) is 17.9. The Morgan fingerprint density at radius 3 is 2.19 bits per heavy atom. The van der Waals surface area contributed by atoms with Gasteiger partial charge in [-0.1, -0.05) is 48.5 Å². The Hall–Kier alpha value is -3.94. The molecule has 1 aliphatic carbocycles. The van der Waals surface area contributed by atoms with E-state index in [4.69, 9.17) is 9.72 Å². The molecule has 36 heavy (non-hydrogen) atoms. The number of ether oxygens (including phenoxy) is 1. The number of rotatable bonds is 5. The maximum Gasteiger partial charge on any atom is 0.198 e. The highest BCUT2D eigenvalue weighted by molar-refractivity contribution is 6.32. The van der Waals surface area contributed by atoms with Gasteiger partial charge in [0.25, 0.3) is 0 Å². The fourth-order valence-electron chi connectivity index (χ4n) is 5.46. The van der Waals surface area contributed by atoms with Crippen molar-refractivity contribution in [2.24, 2.45) is 0 Å². The summed E-state index contributed by atoms with van der Waals surface area (Å²) in [5.41, 5.74) is 2.37. The van der Waals surface area contributed by atoms with Gasteiger partial charge in [0.1, 0.15) is 5.75 Å². The van der Waals surface area contributed by atoms with Crippen molar-refractivity contribution in [3.8, 4) is 5.75 Å². The average Bonchev–Trinajstić information content (AvgIpc) is 3.16. The number of carbonyl (C=O) groups excluding carboxylic acids is 2. The summed E-state index contributed by atoms with van der Waals surface area (Å²) in [6.07, 6.45) is 1.60. The van der Waals surface area contributed by atoms with Crippen molar-refractivity contribution in [1.29, 1.82) is 0 Å². The van der Waals surface area contributed by atoms with Crippen molar-refractivity contribution < 1.29 is 14.3 Å². The Balaban J connectivity index is 1.35. The number of carbonyl (C=O) groups is 2. The quantitative estimate of drug-likeness (QED) is 0.405. The van der Waals surface area contributed by atoms with Crippen LogP contribution in [0, 0.1) is 0 Å². The van der Waals surface area contributed by atoms with E-state index in [1.165, 1.54) is 5.56 Å². The lowest BCUT2D eigenvalue weighted by molar-refractivity contribution is 0.0266. The molecule has 4 aromatic rings. The summed E-state index contributed by atoms with van der Waals surface area (Å²) < 4.78 is 5.36. The zero-order valence-corrected chi connectivity index (χ0v) is 20.1. The van der Waals surface area contributed by atoms with Crippen LogP contribution in [0.4, 0.5) is 0 Å².